The quantitative estimate of drug-likeness (QED) is 0.101. The number of carboxylic acid groups (broad SMARTS) is 1. The van der Waals surface area contributed by atoms with Crippen LogP contribution in [0.5, 0.6) is 5.75 Å². The van der Waals surface area contributed by atoms with Crippen molar-refractivity contribution in [3.8, 4) is 5.75 Å². The van der Waals surface area contributed by atoms with Crippen LogP contribution < -0.4 is 27.4 Å². The number of carbonyl (C=O) groups is 4. The molecule has 1 heterocycles. The molecule has 232 valence electrons. The number of aromatic hydroxyl groups is 1. The summed E-state index contributed by atoms with van der Waals surface area (Å²) in [5, 5.41) is 38.2. The van der Waals surface area contributed by atoms with E-state index in [1.807, 2.05) is 24.3 Å². The van der Waals surface area contributed by atoms with Crippen LogP contribution in [0.3, 0.4) is 0 Å². The van der Waals surface area contributed by atoms with Gasteiger partial charge in [0.1, 0.15) is 23.9 Å². The Bertz CT molecular complexity index is 1390. The van der Waals surface area contributed by atoms with E-state index in [0.29, 0.717) is 36.9 Å². The largest absolute Gasteiger partial charge is 0.508 e. The molecule has 0 aliphatic heterocycles. The smallest absolute Gasteiger partial charge is 0.326 e. The van der Waals surface area contributed by atoms with Crippen molar-refractivity contribution in [2.75, 3.05) is 6.54 Å². The summed E-state index contributed by atoms with van der Waals surface area (Å²) < 4.78 is 0. The molecule has 3 amide bonds. The van der Waals surface area contributed by atoms with Gasteiger partial charge in [0, 0.05) is 29.9 Å². The van der Waals surface area contributed by atoms with Crippen LogP contribution in [-0.2, 0) is 32.0 Å². The second-order valence-electron chi connectivity index (χ2n) is 10.5. The van der Waals surface area contributed by atoms with Gasteiger partial charge >= 0.3 is 5.97 Å². The Morgan fingerprint density at radius 3 is 2.21 bits per heavy atom. The molecule has 13 heteroatoms. The van der Waals surface area contributed by atoms with Gasteiger partial charge in [-0.3, -0.25) is 14.4 Å². The number of aromatic amines is 1. The number of nitrogens with one attached hydrogen (secondary N) is 4. The zero-order valence-electron chi connectivity index (χ0n) is 24.0. The van der Waals surface area contributed by atoms with E-state index in [4.69, 9.17) is 11.5 Å². The number of amides is 3. The molecule has 0 aliphatic rings. The van der Waals surface area contributed by atoms with Gasteiger partial charge in [0.25, 0.3) is 0 Å². The lowest BCUT2D eigenvalue weighted by Gasteiger charge is -2.26. The number of phenolic OH excluding ortho intramolecular Hbond substituents is 1. The first-order chi connectivity index (χ1) is 20.5. The number of phenols is 1. The number of aliphatic hydroxyl groups is 1. The molecule has 5 atom stereocenters. The molecule has 5 unspecified atom stereocenters. The fourth-order valence-corrected chi connectivity index (χ4v) is 4.64. The SMILES string of the molecule is CC(O)C(NC(=O)C(N)CCCCN)C(=O)NC(Cc1ccc(O)cc1)C(=O)NC(Cc1c[nH]c2ccccc12)C(=O)O. The molecule has 0 bridgehead atoms. The van der Waals surface area contributed by atoms with Crippen molar-refractivity contribution in [2.24, 2.45) is 11.5 Å². The Hall–Kier alpha value is -4.46. The minimum absolute atomic E-state index is 0.00172. The molecule has 13 nitrogen and oxygen atoms in total. The van der Waals surface area contributed by atoms with Crippen LogP contribution in [0.15, 0.2) is 54.7 Å². The highest BCUT2D eigenvalue weighted by Crippen LogP contribution is 2.19. The van der Waals surface area contributed by atoms with Crippen molar-refractivity contribution in [2.45, 2.75) is 69.3 Å². The van der Waals surface area contributed by atoms with Gasteiger partial charge in [-0.15, -0.1) is 0 Å². The van der Waals surface area contributed by atoms with Gasteiger partial charge in [0.2, 0.25) is 17.7 Å². The maximum atomic E-state index is 13.5. The third-order valence-electron chi connectivity index (χ3n) is 7.09. The summed E-state index contributed by atoms with van der Waals surface area (Å²) in [6, 6.07) is 8.28. The van der Waals surface area contributed by atoms with Crippen LogP contribution in [0, 0.1) is 0 Å². The van der Waals surface area contributed by atoms with Crippen LogP contribution in [0.2, 0.25) is 0 Å². The van der Waals surface area contributed by atoms with Crippen molar-refractivity contribution < 1.29 is 34.5 Å². The van der Waals surface area contributed by atoms with E-state index >= 15 is 0 Å². The van der Waals surface area contributed by atoms with Gasteiger partial charge in [-0.2, -0.15) is 0 Å². The fraction of sp³-hybridized carbons (Fsp3) is 0.400. The highest BCUT2D eigenvalue weighted by atomic mass is 16.4. The summed E-state index contributed by atoms with van der Waals surface area (Å²) in [5.41, 5.74) is 13.5. The van der Waals surface area contributed by atoms with E-state index in [9.17, 15) is 34.5 Å². The monoisotopic (exact) mass is 596 g/mol. The average molecular weight is 597 g/mol. The summed E-state index contributed by atoms with van der Waals surface area (Å²) in [6.07, 6.45) is 1.85. The Balaban J connectivity index is 1.79. The topological polar surface area (TPSA) is 233 Å². The Morgan fingerprint density at radius 1 is 0.884 bits per heavy atom. The number of para-hydroxylation sites is 1. The summed E-state index contributed by atoms with van der Waals surface area (Å²) >= 11 is 0. The fourth-order valence-electron chi connectivity index (χ4n) is 4.64. The standard InChI is InChI=1S/C30H40N6O7/c1-17(37)26(36-27(39)22(32)7-4-5-13-31)29(41)34-24(14-18-9-11-20(38)12-10-18)28(40)35-25(30(42)43)15-19-16-33-23-8-3-2-6-21(19)23/h2-3,6,8-12,16-17,22,24-26,33,37-38H,4-5,7,13-15,31-32H2,1H3,(H,34,41)(H,35,40)(H,36,39)(H,42,43). The number of carbonyl (C=O) groups excluding carboxylic acids is 3. The maximum Gasteiger partial charge on any atom is 0.326 e. The molecular weight excluding hydrogens is 556 g/mol. The third kappa shape index (κ3) is 9.53. The number of aliphatic hydroxyl groups excluding tert-OH is 1. The highest BCUT2D eigenvalue weighted by Gasteiger charge is 2.33. The van der Waals surface area contributed by atoms with E-state index in [1.54, 1.807) is 18.3 Å². The predicted molar refractivity (Wildman–Crippen MR) is 160 cm³/mol. The van der Waals surface area contributed by atoms with Gasteiger partial charge in [-0.05, 0) is 55.6 Å². The number of benzene rings is 2. The van der Waals surface area contributed by atoms with Crippen LogP contribution in [-0.4, -0.2) is 80.8 Å². The molecule has 2 aromatic carbocycles. The van der Waals surface area contributed by atoms with E-state index in [2.05, 4.69) is 20.9 Å². The number of hydrogen-bond acceptors (Lipinski definition) is 8. The average Bonchev–Trinajstić information content (AvgIpc) is 3.38. The van der Waals surface area contributed by atoms with Crippen molar-refractivity contribution in [3.05, 3.63) is 65.9 Å². The lowest BCUT2D eigenvalue weighted by atomic mass is 10.0. The highest BCUT2D eigenvalue weighted by molar-refractivity contribution is 5.94. The number of aliphatic carboxylic acids is 1. The molecule has 1 aromatic heterocycles. The molecular formula is C30H40N6O7. The maximum absolute atomic E-state index is 13.5. The predicted octanol–water partition coefficient (Wildman–Crippen LogP) is 0.0348. The zero-order chi connectivity index (χ0) is 31.5. The van der Waals surface area contributed by atoms with Crippen molar-refractivity contribution >= 4 is 34.6 Å². The number of H-pyrrole nitrogens is 1. The minimum Gasteiger partial charge on any atom is -0.508 e. The summed E-state index contributed by atoms with van der Waals surface area (Å²) in [6.45, 7) is 1.75. The number of rotatable bonds is 16. The minimum atomic E-state index is -1.44. The number of carboxylic acids is 1. The van der Waals surface area contributed by atoms with E-state index in [-0.39, 0.29) is 18.6 Å². The Morgan fingerprint density at radius 2 is 1.56 bits per heavy atom. The molecule has 0 spiro atoms. The Kier molecular flexibility index (Phi) is 12.0. The second kappa shape index (κ2) is 15.7. The molecule has 0 fully saturated rings. The number of hydrogen-bond donors (Lipinski definition) is 9. The van der Waals surface area contributed by atoms with Gasteiger partial charge in [-0.1, -0.05) is 36.8 Å². The van der Waals surface area contributed by atoms with Crippen molar-refractivity contribution in [1.82, 2.24) is 20.9 Å². The van der Waals surface area contributed by atoms with Crippen LogP contribution in [0.1, 0.15) is 37.3 Å². The van der Waals surface area contributed by atoms with Crippen molar-refractivity contribution in [3.63, 3.8) is 0 Å². The first-order valence-corrected chi connectivity index (χ1v) is 14.1. The summed E-state index contributed by atoms with van der Waals surface area (Å²) in [5.74, 6) is -3.57. The third-order valence-corrected chi connectivity index (χ3v) is 7.09. The van der Waals surface area contributed by atoms with Crippen LogP contribution >= 0.6 is 0 Å². The molecule has 0 radical (unpaired) electrons. The summed E-state index contributed by atoms with van der Waals surface area (Å²) in [7, 11) is 0. The van der Waals surface area contributed by atoms with Crippen LogP contribution in [0.4, 0.5) is 0 Å². The van der Waals surface area contributed by atoms with Crippen molar-refractivity contribution in [1.29, 1.82) is 0 Å². The van der Waals surface area contributed by atoms with E-state index in [0.717, 1.165) is 10.9 Å². The first-order valence-electron chi connectivity index (χ1n) is 14.1. The van der Waals surface area contributed by atoms with E-state index < -0.39 is 54.0 Å². The normalized spacial score (nSPS) is 14.7. The number of nitrogens with two attached hydrogens (primary N) is 2. The Labute approximate surface area is 249 Å². The van der Waals surface area contributed by atoms with E-state index in [1.165, 1.54) is 19.1 Å². The molecule has 3 aromatic rings. The van der Waals surface area contributed by atoms with Gasteiger partial charge < -0.3 is 47.7 Å². The van der Waals surface area contributed by atoms with Gasteiger partial charge in [0.15, 0.2) is 0 Å². The van der Waals surface area contributed by atoms with Gasteiger partial charge in [0.05, 0.1) is 12.1 Å². The number of fused-ring (bicyclic) bond motifs is 1. The lowest BCUT2D eigenvalue weighted by molar-refractivity contribution is -0.142. The zero-order valence-corrected chi connectivity index (χ0v) is 24.0. The molecule has 3 rings (SSSR count). The molecule has 11 N–H and O–H groups in total. The molecule has 0 saturated heterocycles. The molecule has 43 heavy (non-hydrogen) atoms. The first kappa shape index (κ1) is 33.0. The number of unbranched alkanes of at least 4 members (excludes halogenated alkanes) is 1. The summed E-state index contributed by atoms with van der Waals surface area (Å²) in [4.78, 5) is 54.7. The van der Waals surface area contributed by atoms with Crippen LogP contribution in [0.25, 0.3) is 10.9 Å². The second-order valence-corrected chi connectivity index (χ2v) is 10.5. The number of aromatic nitrogens is 1. The van der Waals surface area contributed by atoms with Gasteiger partial charge in [-0.25, -0.2) is 4.79 Å². The molecule has 0 saturated carbocycles. The lowest BCUT2D eigenvalue weighted by Crippen LogP contribution is -2.60. The molecule has 0 aliphatic carbocycles.